The van der Waals surface area contributed by atoms with Crippen LogP contribution in [0.4, 0.5) is 0 Å². The van der Waals surface area contributed by atoms with Crippen molar-refractivity contribution in [3.63, 3.8) is 0 Å². The molecule has 2 N–H and O–H groups in total. The van der Waals surface area contributed by atoms with Crippen LogP contribution in [0.2, 0.25) is 5.02 Å². The van der Waals surface area contributed by atoms with Crippen LogP contribution in [-0.2, 0) is 0 Å². The van der Waals surface area contributed by atoms with Gasteiger partial charge in [0.1, 0.15) is 11.3 Å². The van der Waals surface area contributed by atoms with E-state index in [1.165, 1.54) is 0 Å². The van der Waals surface area contributed by atoms with Crippen LogP contribution in [0.15, 0.2) is 54.7 Å². The number of phenols is 1. The first-order chi connectivity index (χ1) is 10.2. The average molecular weight is 299 g/mol. The largest absolute Gasteiger partial charge is 0.505 e. The molecule has 3 rings (SSSR count). The fourth-order valence-corrected chi connectivity index (χ4v) is 2.76. The van der Waals surface area contributed by atoms with Crippen LogP contribution in [-0.4, -0.2) is 17.1 Å². The zero-order valence-electron chi connectivity index (χ0n) is 11.5. The van der Waals surface area contributed by atoms with E-state index in [-0.39, 0.29) is 11.8 Å². The fraction of sp³-hybridized carbons (Fsp3) is 0.118. The molecule has 3 aromatic rings. The third-order valence-electron chi connectivity index (χ3n) is 3.56. The van der Waals surface area contributed by atoms with Crippen LogP contribution >= 0.6 is 11.6 Å². The number of benzene rings is 2. The van der Waals surface area contributed by atoms with Crippen molar-refractivity contribution in [2.45, 2.75) is 6.04 Å². The van der Waals surface area contributed by atoms with Crippen LogP contribution in [0.5, 0.6) is 5.75 Å². The smallest absolute Gasteiger partial charge is 0.146 e. The van der Waals surface area contributed by atoms with Gasteiger partial charge in [-0.3, -0.25) is 4.98 Å². The third-order valence-corrected chi connectivity index (χ3v) is 3.80. The Kier molecular flexibility index (Phi) is 3.78. The maximum atomic E-state index is 10.5. The monoisotopic (exact) mass is 298 g/mol. The number of nitrogens with zero attached hydrogens (tertiary/aromatic N) is 1. The van der Waals surface area contributed by atoms with Gasteiger partial charge in [0.15, 0.2) is 0 Å². The Labute approximate surface area is 128 Å². The van der Waals surface area contributed by atoms with Crippen molar-refractivity contribution >= 4 is 22.5 Å². The number of pyridine rings is 1. The summed E-state index contributed by atoms with van der Waals surface area (Å²) in [7, 11) is 1.85. The highest BCUT2D eigenvalue weighted by molar-refractivity contribution is 6.30. The SMILES string of the molecule is CNC(c1cccc(Cl)c1)c1ccc2cccnc2c1O. The van der Waals surface area contributed by atoms with Gasteiger partial charge in [-0.05, 0) is 30.8 Å². The molecule has 0 spiro atoms. The van der Waals surface area contributed by atoms with E-state index in [0.29, 0.717) is 10.5 Å². The maximum Gasteiger partial charge on any atom is 0.146 e. The highest BCUT2D eigenvalue weighted by Crippen LogP contribution is 2.34. The molecule has 0 bridgehead atoms. The lowest BCUT2D eigenvalue weighted by molar-refractivity contribution is 0.466. The van der Waals surface area contributed by atoms with Gasteiger partial charge in [0.05, 0.1) is 6.04 Å². The highest BCUT2D eigenvalue weighted by atomic mass is 35.5. The number of phenolic OH excluding ortho intramolecular Hbond substituents is 1. The predicted octanol–water partition coefficient (Wildman–Crippen LogP) is 3.90. The van der Waals surface area contributed by atoms with Crippen LogP contribution in [0.25, 0.3) is 10.9 Å². The van der Waals surface area contributed by atoms with Gasteiger partial charge in [-0.25, -0.2) is 0 Å². The number of fused-ring (bicyclic) bond motifs is 1. The minimum atomic E-state index is -0.143. The van der Waals surface area contributed by atoms with Gasteiger partial charge in [-0.15, -0.1) is 0 Å². The quantitative estimate of drug-likeness (QED) is 0.771. The Morgan fingerprint density at radius 2 is 2.00 bits per heavy atom. The number of nitrogens with one attached hydrogen (secondary N) is 1. The molecule has 0 saturated carbocycles. The zero-order valence-corrected chi connectivity index (χ0v) is 12.3. The topological polar surface area (TPSA) is 45.2 Å². The molecule has 0 amide bonds. The second-order valence-corrected chi connectivity index (χ2v) is 5.29. The van der Waals surface area contributed by atoms with E-state index in [1.54, 1.807) is 6.20 Å². The van der Waals surface area contributed by atoms with E-state index >= 15 is 0 Å². The Bertz CT molecular complexity index is 789. The summed E-state index contributed by atoms with van der Waals surface area (Å²) in [5.74, 6) is 0.201. The van der Waals surface area contributed by atoms with Crippen LogP contribution in [0.1, 0.15) is 17.2 Å². The van der Waals surface area contributed by atoms with Gasteiger partial charge in [-0.2, -0.15) is 0 Å². The predicted molar refractivity (Wildman–Crippen MR) is 85.8 cm³/mol. The van der Waals surface area contributed by atoms with Crippen molar-refractivity contribution in [3.8, 4) is 5.75 Å². The molecule has 1 unspecified atom stereocenters. The van der Waals surface area contributed by atoms with Crippen molar-refractivity contribution in [2.24, 2.45) is 0 Å². The number of rotatable bonds is 3. The molecule has 0 fully saturated rings. The summed E-state index contributed by atoms with van der Waals surface area (Å²) in [5.41, 5.74) is 2.39. The zero-order chi connectivity index (χ0) is 14.8. The Morgan fingerprint density at radius 1 is 1.14 bits per heavy atom. The molecule has 4 heteroatoms. The van der Waals surface area contributed by atoms with E-state index in [2.05, 4.69) is 10.3 Å². The van der Waals surface area contributed by atoms with E-state index < -0.39 is 0 Å². The first-order valence-corrected chi connectivity index (χ1v) is 7.08. The maximum absolute atomic E-state index is 10.5. The lowest BCUT2D eigenvalue weighted by Crippen LogP contribution is -2.17. The molecular formula is C17H15ClN2O. The summed E-state index contributed by atoms with van der Waals surface area (Å²) >= 11 is 6.07. The standard InChI is InChI=1S/C17H15ClN2O/c1-19-15(12-4-2-6-13(18)10-12)14-8-7-11-5-3-9-20-16(11)17(14)21/h2-10,15,19,21H,1H3. The summed E-state index contributed by atoms with van der Waals surface area (Å²) in [4.78, 5) is 4.27. The minimum absolute atomic E-state index is 0.143. The first-order valence-electron chi connectivity index (χ1n) is 6.70. The number of aromatic nitrogens is 1. The van der Waals surface area contributed by atoms with Crippen molar-refractivity contribution in [2.75, 3.05) is 7.05 Å². The average Bonchev–Trinajstić information content (AvgIpc) is 2.51. The third kappa shape index (κ3) is 2.58. The van der Waals surface area contributed by atoms with Crippen molar-refractivity contribution < 1.29 is 5.11 Å². The number of aromatic hydroxyl groups is 1. The molecule has 3 nitrogen and oxygen atoms in total. The fourth-order valence-electron chi connectivity index (χ4n) is 2.57. The molecule has 1 aromatic heterocycles. The van der Waals surface area contributed by atoms with Crippen LogP contribution in [0, 0.1) is 0 Å². The number of hydrogen-bond donors (Lipinski definition) is 2. The summed E-state index contributed by atoms with van der Waals surface area (Å²) in [6.07, 6.45) is 1.68. The van der Waals surface area contributed by atoms with E-state index in [0.717, 1.165) is 16.5 Å². The molecule has 106 valence electrons. The Balaban J connectivity index is 2.15. The summed E-state index contributed by atoms with van der Waals surface area (Å²) in [6, 6.07) is 15.1. The van der Waals surface area contributed by atoms with E-state index in [9.17, 15) is 5.11 Å². The summed E-state index contributed by atoms with van der Waals surface area (Å²) < 4.78 is 0. The normalized spacial score (nSPS) is 12.5. The van der Waals surface area contributed by atoms with Gasteiger partial charge >= 0.3 is 0 Å². The summed E-state index contributed by atoms with van der Waals surface area (Å²) in [6.45, 7) is 0. The van der Waals surface area contributed by atoms with Crippen molar-refractivity contribution in [1.82, 2.24) is 10.3 Å². The van der Waals surface area contributed by atoms with Gasteiger partial charge in [-0.1, -0.05) is 41.9 Å². The molecule has 1 atom stereocenters. The first kappa shape index (κ1) is 13.9. The van der Waals surface area contributed by atoms with Gasteiger partial charge in [0.2, 0.25) is 0 Å². The molecule has 1 heterocycles. The molecule has 0 radical (unpaired) electrons. The Hall–Kier alpha value is -2.10. The lowest BCUT2D eigenvalue weighted by Gasteiger charge is -2.19. The van der Waals surface area contributed by atoms with Crippen molar-refractivity contribution in [1.29, 1.82) is 0 Å². The van der Waals surface area contributed by atoms with Gasteiger partial charge in [0, 0.05) is 22.2 Å². The summed E-state index contributed by atoms with van der Waals surface area (Å²) in [5, 5.41) is 15.4. The molecule has 0 saturated heterocycles. The van der Waals surface area contributed by atoms with Gasteiger partial charge < -0.3 is 10.4 Å². The second-order valence-electron chi connectivity index (χ2n) is 4.86. The molecule has 0 aliphatic rings. The number of hydrogen-bond acceptors (Lipinski definition) is 3. The second kappa shape index (κ2) is 5.72. The van der Waals surface area contributed by atoms with E-state index in [1.807, 2.05) is 55.6 Å². The van der Waals surface area contributed by atoms with E-state index in [4.69, 9.17) is 11.6 Å². The van der Waals surface area contributed by atoms with Crippen molar-refractivity contribution in [3.05, 3.63) is 70.9 Å². The molecule has 2 aromatic carbocycles. The minimum Gasteiger partial charge on any atom is -0.505 e. The van der Waals surface area contributed by atoms with Crippen LogP contribution in [0.3, 0.4) is 0 Å². The molecule has 21 heavy (non-hydrogen) atoms. The Morgan fingerprint density at radius 3 is 2.76 bits per heavy atom. The molecule has 0 aliphatic heterocycles. The van der Waals surface area contributed by atoms with Gasteiger partial charge in [0.25, 0.3) is 0 Å². The molecular weight excluding hydrogens is 284 g/mol. The van der Waals surface area contributed by atoms with Crippen LogP contribution < -0.4 is 5.32 Å². The number of halogens is 1. The lowest BCUT2D eigenvalue weighted by atomic mass is 9.96. The highest BCUT2D eigenvalue weighted by Gasteiger charge is 2.18. The molecule has 0 aliphatic carbocycles.